The van der Waals surface area contributed by atoms with Crippen LogP contribution in [0, 0.1) is 0 Å². The Balaban J connectivity index is 1.41. The number of fused-ring (bicyclic) bond motifs is 1. The first-order chi connectivity index (χ1) is 12.2. The van der Waals surface area contributed by atoms with E-state index >= 15 is 0 Å². The number of hydrogen-bond acceptors (Lipinski definition) is 2. The first-order valence-corrected chi connectivity index (χ1v) is 9.14. The summed E-state index contributed by atoms with van der Waals surface area (Å²) in [6.45, 7) is 1.36. The van der Waals surface area contributed by atoms with Crippen molar-refractivity contribution in [3.63, 3.8) is 0 Å². The lowest BCUT2D eigenvalue weighted by Crippen LogP contribution is -2.48. The largest absolute Gasteiger partial charge is 0.332 e. The Morgan fingerprint density at radius 2 is 1.96 bits per heavy atom. The Morgan fingerprint density at radius 1 is 1.16 bits per heavy atom. The predicted octanol–water partition coefficient (Wildman–Crippen LogP) is 2.78. The van der Waals surface area contributed by atoms with E-state index in [1.54, 1.807) is 0 Å². The van der Waals surface area contributed by atoms with E-state index in [-0.39, 0.29) is 23.8 Å². The minimum Gasteiger partial charge on any atom is -0.332 e. The minimum absolute atomic E-state index is 0.0151. The SMILES string of the molecule is O=C(NC1C=CCCC1)N1CCC(n2c(=O)[nH]c3ccccc32)CC1. The summed E-state index contributed by atoms with van der Waals surface area (Å²) >= 11 is 0. The van der Waals surface area contributed by atoms with Crippen LogP contribution in [0.2, 0.25) is 0 Å². The number of piperidine rings is 1. The van der Waals surface area contributed by atoms with Crippen molar-refractivity contribution in [3.05, 3.63) is 46.9 Å². The third kappa shape index (κ3) is 3.21. The number of urea groups is 1. The number of H-pyrrole nitrogens is 1. The fraction of sp³-hybridized carbons (Fsp3) is 0.474. The number of nitrogens with zero attached hydrogens (tertiary/aromatic N) is 2. The van der Waals surface area contributed by atoms with Gasteiger partial charge in [0.15, 0.2) is 0 Å². The molecule has 25 heavy (non-hydrogen) atoms. The predicted molar refractivity (Wildman–Crippen MR) is 97.7 cm³/mol. The van der Waals surface area contributed by atoms with Crippen molar-refractivity contribution in [2.75, 3.05) is 13.1 Å². The van der Waals surface area contributed by atoms with Crippen molar-refractivity contribution < 1.29 is 4.79 Å². The molecule has 2 N–H and O–H groups in total. The van der Waals surface area contributed by atoms with Gasteiger partial charge in [0.2, 0.25) is 0 Å². The van der Waals surface area contributed by atoms with Crippen LogP contribution in [0.1, 0.15) is 38.1 Å². The highest BCUT2D eigenvalue weighted by molar-refractivity contribution is 5.76. The Kier molecular flexibility index (Phi) is 4.34. The van der Waals surface area contributed by atoms with Crippen LogP contribution in [0.4, 0.5) is 4.79 Å². The molecule has 1 aromatic carbocycles. The lowest BCUT2D eigenvalue weighted by molar-refractivity contribution is 0.169. The molecule has 1 saturated heterocycles. The maximum absolute atomic E-state index is 12.4. The molecule has 0 spiro atoms. The second-order valence-electron chi connectivity index (χ2n) is 6.95. The first-order valence-electron chi connectivity index (χ1n) is 9.14. The van der Waals surface area contributed by atoms with Gasteiger partial charge >= 0.3 is 11.7 Å². The highest BCUT2D eigenvalue weighted by atomic mass is 16.2. The molecular formula is C19H24N4O2. The van der Waals surface area contributed by atoms with Gasteiger partial charge in [-0.25, -0.2) is 9.59 Å². The van der Waals surface area contributed by atoms with Gasteiger partial charge in [-0.1, -0.05) is 24.3 Å². The van der Waals surface area contributed by atoms with Crippen LogP contribution in [0.15, 0.2) is 41.2 Å². The molecule has 1 aliphatic heterocycles. The molecule has 2 amide bonds. The molecule has 2 aliphatic rings. The standard InChI is InChI=1S/C19H24N4O2/c24-18(20-14-6-2-1-3-7-14)22-12-10-15(11-13-22)23-17-9-5-4-8-16(17)21-19(23)25/h2,4-6,8-9,14-15H,1,3,7,10-13H2,(H,20,24)(H,21,25). The molecule has 4 rings (SSSR count). The van der Waals surface area contributed by atoms with Crippen LogP contribution in [0.3, 0.4) is 0 Å². The van der Waals surface area contributed by atoms with Crippen LogP contribution in [0.25, 0.3) is 11.0 Å². The molecule has 2 heterocycles. The van der Waals surface area contributed by atoms with Crippen LogP contribution in [-0.2, 0) is 0 Å². The average molecular weight is 340 g/mol. The van der Waals surface area contributed by atoms with Crippen LogP contribution >= 0.6 is 0 Å². The second kappa shape index (κ2) is 6.78. The number of carbonyl (C=O) groups excluding carboxylic acids is 1. The Hall–Kier alpha value is -2.50. The maximum atomic E-state index is 12.4. The number of nitrogens with one attached hydrogen (secondary N) is 2. The van der Waals surface area contributed by atoms with Crippen molar-refractivity contribution in [3.8, 4) is 0 Å². The Bertz CT molecular complexity index is 842. The molecule has 0 saturated carbocycles. The molecule has 2 aromatic rings. The van der Waals surface area contributed by atoms with Gasteiger partial charge in [-0.05, 0) is 44.2 Å². The van der Waals surface area contributed by atoms with Crippen LogP contribution in [0.5, 0.6) is 0 Å². The van der Waals surface area contributed by atoms with Gasteiger partial charge in [0, 0.05) is 25.2 Å². The summed E-state index contributed by atoms with van der Waals surface area (Å²) in [5.74, 6) is 0. The van der Waals surface area contributed by atoms with E-state index in [1.165, 1.54) is 0 Å². The smallest absolute Gasteiger partial charge is 0.326 e. The number of imidazole rings is 1. The van der Waals surface area contributed by atoms with Crippen LogP contribution < -0.4 is 11.0 Å². The third-order valence-electron chi connectivity index (χ3n) is 5.30. The fourth-order valence-electron chi connectivity index (χ4n) is 3.95. The summed E-state index contributed by atoms with van der Waals surface area (Å²) in [6, 6.07) is 8.09. The number of allylic oxidation sites excluding steroid dienone is 1. The van der Waals surface area contributed by atoms with E-state index in [2.05, 4.69) is 22.5 Å². The number of amides is 2. The molecule has 6 nitrogen and oxygen atoms in total. The second-order valence-corrected chi connectivity index (χ2v) is 6.95. The topological polar surface area (TPSA) is 70.1 Å². The molecule has 1 fully saturated rings. The van der Waals surface area contributed by atoms with E-state index in [1.807, 2.05) is 33.7 Å². The van der Waals surface area contributed by atoms with Gasteiger partial charge in [-0.3, -0.25) is 4.57 Å². The first kappa shape index (κ1) is 16.0. The van der Waals surface area contributed by atoms with Crippen molar-refractivity contribution in [2.45, 2.75) is 44.2 Å². The number of aromatic amines is 1. The van der Waals surface area contributed by atoms with E-state index in [0.29, 0.717) is 13.1 Å². The van der Waals surface area contributed by atoms with Gasteiger partial charge < -0.3 is 15.2 Å². The summed E-state index contributed by atoms with van der Waals surface area (Å²) in [5, 5.41) is 3.10. The summed E-state index contributed by atoms with van der Waals surface area (Å²) < 4.78 is 1.86. The number of hydrogen-bond donors (Lipinski definition) is 2. The van der Waals surface area contributed by atoms with Gasteiger partial charge in [0.1, 0.15) is 0 Å². The highest BCUT2D eigenvalue weighted by Crippen LogP contribution is 2.25. The zero-order valence-electron chi connectivity index (χ0n) is 14.3. The molecule has 0 radical (unpaired) electrons. The summed E-state index contributed by atoms with van der Waals surface area (Å²) in [4.78, 5) is 29.6. The van der Waals surface area contributed by atoms with Crippen molar-refractivity contribution in [1.82, 2.24) is 19.8 Å². The van der Waals surface area contributed by atoms with Crippen molar-refractivity contribution in [1.29, 1.82) is 0 Å². The van der Waals surface area contributed by atoms with Gasteiger partial charge in [-0.15, -0.1) is 0 Å². The molecule has 1 aliphatic carbocycles. The zero-order valence-corrected chi connectivity index (χ0v) is 14.3. The number of carbonyl (C=O) groups is 1. The minimum atomic E-state index is -0.0588. The number of likely N-dealkylation sites (tertiary alicyclic amines) is 1. The molecule has 0 bridgehead atoms. The quantitative estimate of drug-likeness (QED) is 0.825. The van der Waals surface area contributed by atoms with Crippen molar-refractivity contribution >= 4 is 17.1 Å². The molecule has 1 unspecified atom stereocenters. The molecule has 132 valence electrons. The van der Waals surface area contributed by atoms with E-state index in [9.17, 15) is 9.59 Å². The summed E-state index contributed by atoms with van der Waals surface area (Å²) in [7, 11) is 0. The molecule has 6 heteroatoms. The van der Waals surface area contributed by atoms with E-state index in [4.69, 9.17) is 0 Å². The Labute approximate surface area is 146 Å². The number of rotatable bonds is 2. The maximum Gasteiger partial charge on any atom is 0.326 e. The van der Waals surface area contributed by atoms with Crippen molar-refractivity contribution in [2.24, 2.45) is 0 Å². The highest BCUT2D eigenvalue weighted by Gasteiger charge is 2.26. The molecular weight excluding hydrogens is 316 g/mol. The lowest BCUT2D eigenvalue weighted by Gasteiger charge is -2.33. The van der Waals surface area contributed by atoms with Gasteiger partial charge in [-0.2, -0.15) is 0 Å². The normalized spacial score (nSPS) is 21.6. The monoisotopic (exact) mass is 340 g/mol. The lowest BCUT2D eigenvalue weighted by atomic mass is 10.0. The Morgan fingerprint density at radius 3 is 2.72 bits per heavy atom. The van der Waals surface area contributed by atoms with E-state index < -0.39 is 0 Å². The average Bonchev–Trinajstić information content (AvgIpc) is 2.98. The number of benzene rings is 1. The number of aromatic nitrogens is 2. The van der Waals surface area contributed by atoms with E-state index in [0.717, 1.165) is 43.1 Å². The molecule has 1 aromatic heterocycles. The summed E-state index contributed by atoms with van der Waals surface area (Å²) in [5.41, 5.74) is 1.76. The van der Waals surface area contributed by atoms with Gasteiger partial charge in [0.25, 0.3) is 0 Å². The van der Waals surface area contributed by atoms with Crippen LogP contribution in [-0.4, -0.2) is 39.6 Å². The third-order valence-corrected chi connectivity index (χ3v) is 5.30. The zero-order chi connectivity index (χ0) is 17.2. The molecule has 1 atom stereocenters. The number of para-hydroxylation sites is 2. The fourth-order valence-corrected chi connectivity index (χ4v) is 3.95. The summed E-state index contributed by atoms with van der Waals surface area (Å²) in [6.07, 6.45) is 9.10. The van der Waals surface area contributed by atoms with Gasteiger partial charge in [0.05, 0.1) is 11.0 Å².